The first kappa shape index (κ1) is 16.4. The third-order valence-corrected chi connectivity index (χ3v) is 3.70. The second-order valence-electron chi connectivity index (χ2n) is 5.61. The summed E-state index contributed by atoms with van der Waals surface area (Å²) in [5.74, 6) is -0.792. The van der Waals surface area contributed by atoms with E-state index in [0.29, 0.717) is 6.42 Å². The zero-order valence-electron chi connectivity index (χ0n) is 12.4. The van der Waals surface area contributed by atoms with Gasteiger partial charge in [0.25, 0.3) is 5.91 Å². The van der Waals surface area contributed by atoms with Gasteiger partial charge in [0, 0.05) is 0 Å². The van der Waals surface area contributed by atoms with Gasteiger partial charge in [0.1, 0.15) is 12.1 Å². The van der Waals surface area contributed by atoms with E-state index in [-0.39, 0.29) is 25.1 Å². The van der Waals surface area contributed by atoms with Gasteiger partial charge in [-0.1, -0.05) is 20.8 Å². The summed E-state index contributed by atoms with van der Waals surface area (Å²) in [4.78, 5) is 36.6. The Kier molecular flexibility index (Phi) is 5.10. The predicted octanol–water partition coefficient (Wildman–Crippen LogP) is -0.160. The van der Waals surface area contributed by atoms with Crippen LogP contribution in [0.2, 0.25) is 0 Å². The van der Waals surface area contributed by atoms with E-state index in [1.54, 1.807) is 13.8 Å². The van der Waals surface area contributed by atoms with Crippen molar-refractivity contribution < 1.29 is 19.5 Å². The zero-order valence-corrected chi connectivity index (χ0v) is 12.4. The number of rotatable bonds is 6. The molecule has 0 saturated carbocycles. The Morgan fingerprint density at radius 2 is 2.05 bits per heavy atom. The Morgan fingerprint density at radius 1 is 1.45 bits per heavy atom. The summed E-state index contributed by atoms with van der Waals surface area (Å²) in [7, 11) is 0. The highest BCUT2D eigenvalue weighted by atomic mass is 16.3. The summed E-state index contributed by atoms with van der Waals surface area (Å²) in [5, 5.41) is 14.4. The lowest BCUT2D eigenvalue weighted by Gasteiger charge is -2.22. The van der Waals surface area contributed by atoms with Crippen LogP contribution in [-0.2, 0) is 9.59 Å². The molecule has 0 bridgehead atoms. The Labute approximate surface area is 118 Å². The second kappa shape index (κ2) is 6.21. The SMILES string of the molecule is CCC1(C)NC(=O)N(CC(=O)N[C@H](CO)C(C)C)C1=O. The lowest BCUT2D eigenvalue weighted by Crippen LogP contribution is -2.48. The maximum Gasteiger partial charge on any atom is 0.325 e. The molecule has 1 aliphatic rings. The molecule has 0 aromatic rings. The van der Waals surface area contributed by atoms with Gasteiger partial charge in [-0.25, -0.2) is 4.79 Å². The largest absolute Gasteiger partial charge is 0.394 e. The van der Waals surface area contributed by atoms with Crippen molar-refractivity contribution in [1.82, 2.24) is 15.5 Å². The molecule has 0 aromatic heterocycles. The van der Waals surface area contributed by atoms with Crippen LogP contribution in [0.1, 0.15) is 34.1 Å². The molecular weight excluding hydrogens is 262 g/mol. The Hall–Kier alpha value is -1.63. The molecule has 1 heterocycles. The molecule has 0 aromatic carbocycles. The van der Waals surface area contributed by atoms with Crippen molar-refractivity contribution in [3.05, 3.63) is 0 Å². The minimum absolute atomic E-state index is 0.0629. The van der Waals surface area contributed by atoms with Gasteiger partial charge in [0.15, 0.2) is 0 Å². The van der Waals surface area contributed by atoms with Crippen LogP contribution in [-0.4, -0.2) is 52.6 Å². The molecule has 1 unspecified atom stereocenters. The maximum absolute atomic E-state index is 12.1. The number of carbonyl (C=O) groups is 3. The Bertz CT molecular complexity index is 410. The van der Waals surface area contributed by atoms with E-state index in [9.17, 15) is 14.4 Å². The van der Waals surface area contributed by atoms with Gasteiger partial charge >= 0.3 is 6.03 Å². The smallest absolute Gasteiger partial charge is 0.325 e. The fourth-order valence-electron chi connectivity index (χ4n) is 1.95. The van der Waals surface area contributed by atoms with Crippen molar-refractivity contribution in [3.63, 3.8) is 0 Å². The van der Waals surface area contributed by atoms with E-state index in [1.807, 2.05) is 13.8 Å². The summed E-state index contributed by atoms with van der Waals surface area (Å²) in [6, 6.07) is -0.944. The normalized spacial score (nSPS) is 24.0. The Morgan fingerprint density at radius 3 is 2.45 bits per heavy atom. The van der Waals surface area contributed by atoms with E-state index >= 15 is 0 Å². The minimum Gasteiger partial charge on any atom is -0.394 e. The van der Waals surface area contributed by atoms with E-state index < -0.39 is 23.4 Å². The molecule has 1 saturated heterocycles. The fourth-order valence-corrected chi connectivity index (χ4v) is 1.95. The molecule has 1 fully saturated rings. The third kappa shape index (κ3) is 3.27. The molecule has 0 radical (unpaired) electrons. The van der Waals surface area contributed by atoms with Gasteiger partial charge in [-0.05, 0) is 19.3 Å². The number of hydrogen-bond acceptors (Lipinski definition) is 4. The number of aliphatic hydroxyl groups excluding tert-OH is 1. The molecule has 0 aliphatic carbocycles. The van der Waals surface area contributed by atoms with E-state index in [0.717, 1.165) is 4.90 Å². The molecule has 1 rings (SSSR count). The van der Waals surface area contributed by atoms with Crippen molar-refractivity contribution in [2.24, 2.45) is 5.92 Å². The van der Waals surface area contributed by atoms with Crippen molar-refractivity contribution >= 4 is 17.8 Å². The van der Waals surface area contributed by atoms with Gasteiger partial charge < -0.3 is 15.7 Å². The summed E-state index contributed by atoms with van der Waals surface area (Å²) in [6.07, 6.45) is 0.459. The number of nitrogens with zero attached hydrogens (tertiary/aromatic N) is 1. The van der Waals surface area contributed by atoms with Crippen molar-refractivity contribution in [2.75, 3.05) is 13.2 Å². The first-order chi connectivity index (χ1) is 9.25. The van der Waals surface area contributed by atoms with Crippen LogP contribution in [0.3, 0.4) is 0 Å². The monoisotopic (exact) mass is 285 g/mol. The second-order valence-corrected chi connectivity index (χ2v) is 5.61. The molecule has 7 nitrogen and oxygen atoms in total. The predicted molar refractivity (Wildman–Crippen MR) is 72.8 cm³/mol. The average molecular weight is 285 g/mol. The van der Waals surface area contributed by atoms with Crippen LogP contribution in [0.15, 0.2) is 0 Å². The summed E-state index contributed by atoms with van der Waals surface area (Å²) < 4.78 is 0. The van der Waals surface area contributed by atoms with Crippen LogP contribution >= 0.6 is 0 Å². The van der Waals surface area contributed by atoms with Gasteiger partial charge in [0.05, 0.1) is 12.6 Å². The number of nitrogens with one attached hydrogen (secondary N) is 2. The summed E-state index contributed by atoms with van der Waals surface area (Å²) >= 11 is 0. The molecule has 7 heteroatoms. The first-order valence-electron chi connectivity index (χ1n) is 6.79. The Balaban J connectivity index is 2.67. The number of imide groups is 1. The molecule has 114 valence electrons. The van der Waals surface area contributed by atoms with Gasteiger partial charge in [0.2, 0.25) is 5.91 Å². The fraction of sp³-hybridized carbons (Fsp3) is 0.769. The number of hydrogen-bond donors (Lipinski definition) is 3. The number of urea groups is 1. The number of carbonyl (C=O) groups excluding carboxylic acids is 3. The van der Waals surface area contributed by atoms with Crippen LogP contribution in [0, 0.1) is 5.92 Å². The zero-order chi connectivity index (χ0) is 15.5. The lowest BCUT2D eigenvalue weighted by molar-refractivity contribution is -0.135. The summed E-state index contributed by atoms with van der Waals surface area (Å²) in [6.45, 7) is 6.64. The molecule has 0 spiro atoms. The standard InChI is InChI=1S/C13H23N3O4/c1-5-13(4)11(19)16(12(20)15-13)6-10(18)14-9(7-17)8(2)3/h8-9,17H,5-7H2,1-4H3,(H,14,18)(H,15,20)/t9-,13?/m1/s1. The molecular formula is C13H23N3O4. The van der Waals surface area contributed by atoms with Gasteiger partial charge in [-0.3, -0.25) is 14.5 Å². The molecule has 20 heavy (non-hydrogen) atoms. The van der Waals surface area contributed by atoms with Crippen LogP contribution in [0.25, 0.3) is 0 Å². The van der Waals surface area contributed by atoms with Crippen molar-refractivity contribution in [2.45, 2.75) is 45.7 Å². The maximum atomic E-state index is 12.1. The highest BCUT2D eigenvalue weighted by Crippen LogP contribution is 2.20. The molecule has 3 N–H and O–H groups in total. The van der Waals surface area contributed by atoms with Gasteiger partial charge in [-0.2, -0.15) is 0 Å². The first-order valence-corrected chi connectivity index (χ1v) is 6.79. The topological polar surface area (TPSA) is 98.7 Å². The van der Waals surface area contributed by atoms with Crippen LogP contribution in [0.5, 0.6) is 0 Å². The number of aliphatic hydroxyl groups is 1. The van der Waals surface area contributed by atoms with Crippen molar-refractivity contribution in [3.8, 4) is 0 Å². The number of amides is 4. The van der Waals surface area contributed by atoms with Gasteiger partial charge in [-0.15, -0.1) is 0 Å². The molecule has 4 amide bonds. The average Bonchev–Trinajstić information content (AvgIpc) is 2.60. The highest BCUT2D eigenvalue weighted by molar-refractivity contribution is 6.08. The van der Waals surface area contributed by atoms with Crippen LogP contribution in [0.4, 0.5) is 4.79 Å². The highest BCUT2D eigenvalue weighted by Gasteiger charge is 2.47. The summed E-state index contributed by atoms with van der Waals surface area (Å²) in [5.41, 5.74) is -0.939. The van der Waals surface area contributed by atoms with E-state index in [4.69, 9.17) is 5.11 Å². The third-order valence-electron chi connectivity index (χ3n) is 3.70. The van der Waals surface area contributed by atoms with E-state index in [2.05, 4.69) is 10.6 Å². The lowest BCUT2D eigenvalue weighted by atomic mass is 9.99. The quantitative estimate of drug-likeness (QED) is 0.591. The minimum atomic E-state index is -0.939. The van der Waals surface area contributed by atoms with Crippen LogP contribution < -0.4 is 10.6 Å². The molecule has 1 aliphatic heterocycles. The van der Waals surface area contributed by atoms with E-state index in [1.165, 1.54) is 0 Å². The van der Waals surface area contributed by atoms with Crippen molar-refractivity contribution in [1.29, 1.82) is 0 Å². The molecule has 2 atom stereocenters.